The summed E-state index contributed by atoms with van der Waals surface area (Å²) in [4.78, 5) is 0. The number of para-hydroxylation sites is 2. The van der Waals surface area contributed by atoms with Gasteiger partial charge in [-0.3, -0.25) is 0 Å². The third kappa shape index (κ3) is 4.88. The number of phosphoric acid groups is 1. The van der Waals surface area contributed by atoms with Gasteiger partial charge in [-0.1, -0.05) is 55.5 Å². The summed E-state index contributed by atoms with van der Waals surface area (Å²) < 4.78 is 30.0. The van der Waals surface area contributed by atoms with Crippen molar-refractivity contribution >= 4 is 7.82 Å². The van der Waals surface area contributed by atoms with Crippen molar-refractivity contribution in [1.82, 2.24) is 0 Å². The molecule has 4 nitrogen and oxygen atoms in total. The van der Waals surface area contributed by atoms with E-state index in [0.717, 1.165) is 12.0 Å². The minimum atomic E-state index is -3.91. The minimum absolute atomic E-state index is 0.409. The van der Waals surface area contributed by atoms with E-state index in [1.165, 1.54) is 0 Å². The Kier molecular flexibility index (Phi) is 5.42. The average Bonchev–Trinajstić information content (AvgIpc) is 2.64. The second kappa shape index (κ2) is 7.91. The van der Waals surface area contributed by atoms with Crippen LogP contribution in [0, 0.1) is 0 Å². The van der Waals surface area contributed by atoms with Crippen LogP contribution in [0.2, 0.25) is 0 Å². The number of rotatable bonds is 7. The molecule has 0 saturated heterocycles. The van der Waals surface area contributed by atoms with Crippen LogP contribution in [0.15, 0.2) is 84.9 Å². The van der Waals surface area contributed by atoms with Crippen molar-refractivity contribution in [3.63, 3.8) is 0 Å². The molecule has 128 valence electrons. The molecule has 0 amide bonds. The van der Waals surface area contributed by atoms with Gasteiger partial charge in [-0.05, 0) is 48.4 Å². The maximum Gasteiger partial charge on any atom is 0.647 e. The highest BCUT2D eigenvalue weighted by molar-refractivity contribution is 7.49. The summed E-state index contributed by atoms with van der Waals surface area (Å²) in [7, 11) is -3.91. The highest BCUT2D eigenvalue weighted by Gasteiger charge is 2.33. The quantitative estimate of drug-likeness (QED) is 0.496. The molecule has 0 bridgehead atoms. The first-order valence-electron chi connectivity index (χ1n) is 8.05. The first-order valence-corrected chi connectivity index (χ1v) is 9.51. The third-order valence-corrected chi connectivity index (χ3v) is 4.77. The molecule has 0 N–H and O–H groups in total. The fraction of sp³-hybridized carbons (Fsp3) is 0.100. The molecule has 0 radical (unpaired) electrons. The summed E-state index contributed by atoms with van der Waals surface area (Å²) in [5.74, 6) is 1.24. The van der Waals surface area contributed by atoms with E-state index in [9.17, 15) is 4.57 Å². The van der Waals surface area contributed by atoms with E-state index in [2.05, 4.69) is 6.92 Å². The summed E-state index contributed by atoms with van der Waals surface area (Å²) in [6.45, 7) is 2.07. The summed E-state index contributed by atoms with van der Waals surface area (Å²) in [6, 6.07) is 25.0. The highest BCUT2D eigenvalue weighted by atomic mass is 31.2. The van der Waals surface area contributed by atoms with Crippen LogP contribution in [0.4, 0.5) is 0 Å². The fourth-order valence-corrected chi connectivity index (χ4v) is 3.44. The van der Waals surface area contributed by atoms with Crippen molar-refractivity contribution in [2.75, 3.05) is 0 Å². The molecule has 0 aliphatic rings. The molecule has 3 rings (SSSR count). The number of aryl methyl sites for hydroxylation is 1. The van der Waals surface area contributed by atoms with E-state index < -0.39 is 7.82 Å². The number of phosphoric ester groups is 1. The van der Waals surface area contributed by atoms with Crippen LogP contribution >= 0.6 is 7.82 Å². The maximum absolute atomic E-state index is 13.2. The van der Waals surface area contributed by atoms with Crippen molar-refractivity contribution in [3.8, 4) is 17.2 Å². The lowest BCUT2D eigenvalue weighted by Crippen LogP contribution is -2.07. The van der Waals surface area contributed by atoms with Crippen LogP contribution in [-0.4, -0.2) is 0 Å². The fourth-order valence-electron chi connectivity index (χ4n) is 2.19. The van der Waals surface area contributed by atoms with Crippen LogP contribution in [0.3, 0.4) is 0 Å². The van der Waals surface area contributed by atoms with E-state index in [4.69, 9.17) is 13.6 Å². The Morgan fingerprint density at radius 3 is 1.44 bits per heavy atom. The Balaban J connectivity index is 1.85. The van der Waals surface area contributed by atoms with Gasteiger partial charge in [0, 0.05) is 0 Å². The van der Waals surface area contributed by atoms with Gasteiger partial charge in [0.1, 0.15) is 17.2 Å². The van der Waals surface area contributed by atoms with E-state index >= 15 is 0 Å². The van der Waals surface area contributed by atoms with Crippen molar-refractivity contribution in [3.05, 3.63) is 90.5 Å². The minimum Gasteiger partial charge on any atom is -0.386 e. The molecule has 25 heavy (non-hydrogen) atoms. The first kappa shape index (κ1) is 17.1. The van der Waals surface area contributed by atoms with Gasteiger partial charge in [0.05, 0.1) is 0 Å². The molecule has 0 atom stereocenters. The van der Waals surface area contributed by atoms with Gasteiger partial charge in [-0.15, -0.1) is 0 Å². The molecule has 0 spiro atoms. The van der Waals surface area contributed by atoms with Crippen LogP contribution in [0.5, 0.6) is 17.2 Å². The Morgan fingerprint density at radius 1 is 0.640 bits per heavy atom. The molecule has 0 aliphatic heterocycles. The van der Waals surface area contributed by atoms with Crippen molar-refractivity contribution in [1.29, 1.82) is 0 Å². The lowest BCUT2D eigenvalue weighted by Gasteiger charge is -2.19. The Morgan fingerprint density at radius 2 is 1.04 bits per heavy atom. The standard InChI is InChI=1S/C20H19O4P/c1-2-17-13-15-20(16-14-17)24-25(21,22-18-9-5-3-6-10-18)23-19-11-7-4-8-12-19/h3-16H,2H2,1H3. The van der Waals surface area contributed by atoms with E-state index in [1.807, 2.05) is 24.3 Å². The highest BCUT2D eigenvalue weighted by Crippen LogP contribution is 2.49. The zero-order valence-electron chi connectivity index (χ0n) is 13.9. The molecule has 3 aromatic carbocycles. The van der Waals surface area contributed by atoms with Gasteiger partial charge >= 0.3 is 7.82 Å². The third-order valence-electron chi connectivity index (χ3n) is 3.47. The molecular weight excluding hydrogens is 335 g/mol. The Bertz CT molecular complexity index is 787. The van der Waals surface area contributed by atoms with Gasteiger partial charge in [-0.2, -0.15) is 4.57 Å². The molecule has 0 aliphatic carbocycles. The summed E-state index contributed by atoms with van der Waals surface area (Å²) in [6.07, 6.45) is 0.916. The zero-order chi connectivity index (χ0) is 17.5. The van der Waals surface area contributed by atoms with E-state index in [0.29, 0.717) is 17.2 Å². The van der Waals surface area contributed by atoms with Gasteiger partial charge < -0.3 is 13.6 Å². The van der Waals surface area contributed by atoms with Crippen LogP contribution < -0.4 is 13.6 Å². The van der Waals surface area contributed by atoms with E-state index in [1.54, 1.807) is 60.7 Å². The predicted octanol–water partition coefficient (Wildman–Crippen LogP) is 5.89. The van der Waals surface area contributed by atoms with E-state index in [-0.39, 0.29) is 0 Å². The van der Waals surface area contributed by atoms with Crippen molar-refractivity contribution in [2.24, 2.45) is 0 Å². The summed E-state index contributed by atoms with van der Waals surface area (Å²) in [5, 5.41) is 0. The van der Waals surface area contributed by atoms with Gasteiger partial charge in [0.15, 0.2) is 0 Å². The molecule has 3 aromatic rings. The van der Waals surface area contributed by atoms with Crippen LogP contribution in [0.1, 0.15) is 12.5 Å². The predicted molar refractivity (Wildman–Crippen MR) is 98.2 cm³/mol. The second-order valence-electron chi connectivity index (χ2n) is 5.34. The van der Waals surface area contributed by atoms with Crippen molar-refractivity contribution < 1.29 is 18.1 Å². The molecule has 0 unspecified atom stereocenters. The number of hydrogen-bond acceptors (Lipinski definition) is 4. The average molecular weight is 354 g/mol. The number of benzene rings is 3. The molecule has 0 aromatic heterocycles. The number of hydrogen-bond donors (Lipinski definition) is 0. The normalized spacial score (nSPS) is 10.9. The molecular formula is C20H19O4P. The topological polar surface area (TPSA) is 44.8 Å². The SMILES string of the molecule is CCc1ccc(OP(=O)(Oc2ccccc2)Oc2ccccc2)cc1. The largest absolute Gasteiger partial charge is 0.647 e. The van der Waals surface area contributed by atoms with Crippen molar-refractivity contribution in [2.45, 2.75) is 13.3 Å². The van der Waals surface area contributed by atoms with Gasteiger partial charge in [0.25, 0.3) is 0 Å². The lowest BCUT2D eigenvalue weighted by atomic mass is 10.2. The molecule has 5 heteroatoms. The van der Waals surface area contributed by atoms with Crippen LogP contribution in [-0.2, 0) is 11.0 Å². The first-order chi connectivity index (χ1) is 12.2. The second-order valence-corrected chi connectivity index (χ2v) is 6.79. The maximum atomic E-state index is 13.2. The van der Waals surface area contributed by atoms with Gasteiger partial charge in [-0.25, -0.2) is 0 Å². The van der Waals surface area contributed by atoms with Crippen LogP contribution in [0.25, 0.3) is 0 Å². The Hall–Kier alpha value is -2.71. The van der Waals surface area contributed by atoms with Gasteiger partial charge in [0.2, 0.25) is 0 Å². The lowest BCUT2D eigenvalue weighted by molar-refractivity contribution is 0.298. The molecule has 0 heterocycles. The summed E-state index contributed by atoms with van der Waals surface area (Å²) in [5.41, 5.74) is 1.16. The summed E-state index contributed by atoms with van der Waals surface area (Å²) >= 11 is 0. The smallest absolute Gasteiger partial charge is 0.386 e. The Labute approximate surface area is 147 Å². The zero-order valence-corrected chi connectivity index (χ0v) is 14.8. The monoisotopic (exact) mass is 354 g/mol. The molecule has 0 saturated carbocycles. The molecule has 0 fully saturated rings.